The van der Waals surface area contributed by atoms with Gasteiger partial charge in [0.2, 0.25) is 0 Å². The molecule has 7 heteroatoms. The number of hydrogen-bond donors (Lipinski definition) is 1. The number of para-hydroxylation sites is 2. The van der Waals surface area contributed by atoms with E-state index in [2.05, 4.69) is 9.97 Å². The SMILES string of the molecule is CC(C)N(C)S(=O)(=O)N1CCC(c2nc3ccccc3[nH]2)CC1. The van der Waals surface area contributed by atoms with E-state index < -0.39 is 10.2 Å². The molecule has 0 spiro atoms. The molecule has 23 heavy (non-hydrogen) atoms. The summed E-state index contributed by atoms with van der Waals surface area (Å²) in [6, 6.07) is 7.94. The number of aromatic amines is 1. The Morgan fingerprint density at radius 3 is 2.52 bits per heavy atom. The summed E-state index contributed by atoms with van der Waals surface area (Å²) in [5.74, 6) is 1.26. The third-order valence-corrected chi connectivity index (χ3v) is 6.83. The van der Waals surface area contributed by atoms with Gasteiger partial charge >= 0.3 is 0 Å². The number of rotatable bonds is 4. The first-order chi connectivity index (χ1) is 10.9. The lowest BCUT2D eigenvalue weighted by Crippen LogP contribution is -2.47. The molecule has 0 radical (unpaired) electrons. The van der Waals surface area contributed by atoms with Gasteiger partial charge in [-0.05, 0) is 38.8 Å². The van der Waals surface area contributed by atoms with E-state index >= 15 is 0 Å². The number of hydrogen-bond acceptors (Lipinski definition) is 3. The fourth-order valence-corrected chi connectivity index (χ4v) is 4.54. The van der Waals surface area contributed by atoms with Crippen LogP contribution in [0.5, 0.6) is 0 Å². The molecule has 1 aromatic carbocycles. The third-order valence-electron chi connectivity index (χ3n) is 4.67. The molecule has 126 valence electrons. The predicted molar refractivity (Wildman–Crippen MR) is 91.5 cm³/mol. The highest BCUT2D eigenvalue weighted by Crippen LogP contribution is 2.29. The Morgan fingerprint density at radius 1 is 1.26 bits per heavy atom. The Hall–Kier alpha value is -1.44. The summed E-state index contributed by atoms with van der Waals surface area (Å²) in [7, 11) is -1.71. The second-order valence-electron chi connectivity index (χ2n) is 6.43. The minimum Gasteiger partial charge on any atom is -0.342 e. The molecular formula is C16H24N4O2S. The van der Waals surface area contributed by atoms with Crippen molar-refractivity contribution in [1.82, 2.24) is 18.6 Å². The second kappa shape index (κ2) is 6.22. The van der Waals surface area contributed by atoms with Crippen LogP contribution in [0, 0.1) is 0 Å². The maximum Gasteiger partial charge on any atom is 0.281 e. The Bertz CT molecular complexity index is 743. The van der Waals surface area contributed by atoms with Crippen molar-refractivity contribution in [3.05, 3.63) is 30.1 Å². The van der Waals surface area contributed by atoms with Crippen LogP contribution in [-0.4, -0.2) is 53.2 Å². The second-order valence-corrected chi connectivity index (χ2v) is 8.42. The van der Waals surface area contributed by atoms with Crippen molar-refractivity contribution in [3.63, 3.8) is 0 Å². The molecule has 0 aliphatic carbocycles. The highest BCUT2D eigenvalue weighted by molar-refractivity contribution is 7.86. The fraction of sp³-hybridized carbons (Fsp3) is 0.562. The summed E-state index contributed by atoms with van der Waals surface area (Å²) in [5.41, 5.74) is 2.01. The molecule has 1 saturated heterocycles. The Kier molecular flexibility index (Phi) is 4.44. The van der Waals surface area contributed by atoms with Gasteiger partial charge < -0.3 is 4.98 Å². The van der Waals surface area contributed by atoms with E-state index in [1.807, 2.05) is 38.1 Å². The average Bonchev–Trinajstić information content (AvgIpc) is 2.98. The van der Waals surface area contributed by atoms with Crippen LogP contribution in [0.4, 0.5) is 0 Å². The van der Waals surface area contributed by atoms with Crippen LogP contribution in [-0.2, 0) is 10.2 Å². The standard InChI is InChI=1S/C16H24N4O2S/c1-12(2)19(3)23(21,22)20-10-8-13(9-11-20)16-17-14-6-4-5-7-15(14)18-16/h4-7,12-13H,8-11H2,1-3H3,(H,17,18). The highest BCUT2D eigenvalue weighted by atomic mass is 32.2. The molecule has 6 nitrogen and oxygen atoms in total. The molecule has 2 heterocycles. The van der Waals surface area contributed by atoms with E-state index in [-0.39, 0.29) is 6.04 Å². The van der Waals surface area contributed by atoms with Gasteiger partial charge in [-0.3, -0.25) is 0 Å². The summed E-state index contributed by atoms with van der Waals surface area (Å²) >= 11 is 0. The number of piperidine rings is 1. The topological polar surface area (TPSA) is 69.3 Å². The van der Waals surface area contributed by atoms with Gasteiger partial charge in [-0.15, -0.1) is 0 Å². The van der Waals surface area contributed by atoms with Crippen molar-refractivity contribution in [2.45, 2.75) is 38.6 Å². The van der Waals surface area contributed by atoms with Crippen molar-refractivity contribution >= 4 is 21.2 Å². The molecule has 2 aromatic rings. The van der Waals surface area contributed by atoms with E-state index in [0.717, 1.165) is 29.7 Å². The van der Waals surface area contributed by atoms with E-state index in [4.69, 9.17) is 0 Å². The molecule has 3 rings (SSSR count). The van der Waals surface area contributed by atoms with Crippen molar-refractivity contribution in [3.8, 4) is 0 Å². The van der Waals surface area contributed by atoms with Gasteiger partial charge in [0.1, 0.15) is 5.82 Å². The van der Waals surface area contributed by atoms with Gasteiger partial charge in [0.15, 0.2) is 0 Å². The predicted octanol–water partition coefficient (Wildman–Crippen LogP) is 2.33. The maximum absolute atomic E-state index is 12.5. The number of fused-ring (bicyclic) bond motifs is 1. The van der Waals surface area contributed by atoms with Crippen LogP contribution in [0.25, 0.3) is 11.0 Å². The summed E-state index contributed by atoms with van der Waals surface area (Å²) < 4.78 is 28.1. The van der Waals surface area contributed by atoms with Crippen LogP contribution in [0.1, 0.15) is 38.4 Å². The zero-order valence-corrected chi connectivity index (χ0v) is 14.7. The molecule has 0 amide bonds. The summed E-state index contributed by atoms with van der Waals surface area (Å²) in [6.07, 6.45) is 1.59. The van der Waals surface area contributed by atoms with E-state index in [9.17, 15) is 8.42 Å². The first-order valence-corrected chi connectivity index (χ1v) is 9.47. The molecule has 1 aliphatic rings. The van der Waals surface area contributed by atoms with Crippen LogP contribution < -0.4 is 0 Å². The van der Waals surface area contributed by atoms with Gasteiger partial charge in [-0.1, -0.05) is 12.1 Å². The zero-order valence-electron chi connectivity index (χ0n) is 13.9. The summed E-state index contributed by atoms with van der Waals surface area (Å²) in [5, 5.41) is 0. The quantitative estimate of drug-likeness (QED) is 0.931. The Labute approximate surface area is 137 Å². The number of nitrogens with one attached hydrogen (secondary N) is 1. The smallest absolute Gasteiger partial charge is 0.281 e. The average molecular weight is 336 g/mol. The van der Waals surface area contributed by atoms with Gasteiger partial charge in [0, 0.05) is 32.1 Å². The first kappa shape index (κ1) is 16.4. The van der Waals surface area contributed by atoms with Gasteiger partial charge in [-0.2, -0.15) is 17.0 Å². The van der Waals surface area contributed by atoms with E-state index in [0.29, 0.717) is 19.0 Å². The summed E-state index contributed by atoms with van der Waals surface area (Å²) in [4.78, 5) is 8.02. The first-order valence-electron chi connectivity index (χ1n) is 8.07. The van der Waals surface area contributed by atoms with E-state index in [1.165, 1.54) is 4.31 Å². The zero-order chi connectivity index (χ0) is 16.6. The minimum atomic E-state index is -3.36. The van der Waals surface area contributed by atoms with Crippen molar-refractivity contribution in [1.29, 1.82) is 0 Å². The fourth-order valence-electron chi connectivity index (χ4n) is 2.97. The van der Waals surface area contributed by atoms with Crippen LogP contribution in [0.3, 0.4) is 0 Å². The number of nitrogens with zero attached hydrogens (tertiary/aromatic N) is 3. The number of aromatic nitrogens is 2. The maximum atomic E-state index is 12.5. The lowest BCUT2D eigenvalue weighted by atomic mass is 9.97. The van der Waals surface area contributed by atoms with Crippen LogP contribution in [0.2, 0.25) is 0 Å². The van der Waals surface area contributed by atoms with Crippen molar-refractivity contribution < 1.29 is 8.42 Å². The van der Waals surface area contributed by atoms with Gasteiger partial charge in [0.05, 0.1) is 11.0 Å². The summed E-state index contributed by atoms with van der Waals surface area (Å²) in [6.45, 7) is 4.86. The van der Waals surface area contributed by atoms with Gasteiger partial charge in [0.25, 0.3) is 10.2 Å². The molecule has 1 N–H and O–H groups in total. The number of benzene rings is 1. The van der Waals surface area contributed by atoms with Crippen molar-refractivity contribution in [2.75, 3.05) is 20.1 Å². The lowest BCUT2D eigenvalue weighted by Gasteiger charge is -2.34. The van der Waals surface area contributed by atoms with Crippen LogP contribution in [0.15, 0.2) is 24.3 Å². The molecule has 1 aliphatic heterocycles. The number of H-pyrrole nitrogens is 1. The molecule has 1 fully saturated rings. The monoisotopic (exact) mass is 336 g/mol. The molecule has 0 bridgehead atoms. The van der Waals surface area contributed by atoms with E-state index in [1.54, 1.807) is 11.4 Å². The van der Waals surface area contributed by atoms with Gasteiger partial charge in [-0.25, -0.2) is 4.98 Å². The minimum absolute atomic E-state index is 0.0342. The third kappa shape index (κ3) is 3.13. The van der Waals surface area contributed by atoms with Crippen molar-refractivity contribution in [2.24, 2.45) is 0 Å². The molecule has 1 aromatic heterocycles. The highest BCUT2D eigenvalue weighted by Gasteiger charge is 2.33. The Balaban J connectivity index is 1.71. The molecule has 0 unspecified atom stereocenters. The largest absolute Gasteiger partial charge is 0.342 e. The number of imidazole rings is 1. The van der Waals surface area contributed by atoms with Crippen LogP contribution >= 0.6 is 0 Å². The Morgan fingerprint density at radius 2 is 1.91 bits per heavy atom. The molecule has 0 atom stereocenters. The normalized spacial score (nSPS) is 18.3. The molecular weight excluding hydrogens is 312 g/mol. The molecule has 0 saturated carbocycles. The lowest BCUT2D eigenvalue weighted by molar-refractivity contribution is 0.282.